The summed E-state index contributed by atoms with van der Waals surface area (Å²) in [5.41, 5.74) is 3.79. The molecular weight excluding hydrogens is 403 g/mol. The Kier molecular flexibility index (Phi) is 5.14. The molecule has 1 N–H and O–H groups in total. The van der Waals surface area contributed by atoms with Crippen LogP contribution in [0.25, 0.3) is 5.57 Å². The van der Waals surface area contributed by atoms with Gasteiger partial charge in [-0.2, -0.15) is 0 Å². The molecule has 30 heavy (non-hydrogen) atoms. The first-order valence-electron chi connectivity index (χ1n) is 9.33. The lowest BCUT2D eigenvalue weighted by Gasteiger charge is -2.15. The lowest BCUT2D eigenvalue weighted by atomic mass is 10.0. The van der Waals surface area contributed by atoms with Gasteiger partial charge in [0.25, 0.3) is 11.8 Å². The third kappa shape index (κ3) is 3.72. The van der Waals surface area contributed by atoms with Crippen LogP contribution >= 0.6 is 11.6 Å². The van der Waals surface area contributed by atoms with Crippen LogP contribution in [-0.2, 0) is 9.59 Å². The van der Waals surface area contributed by atoms with Crippen molar-refractivity contribution in [3.8, 4) is 0 Å². The van der Waals surface area contributed by atoms with Gasteiger partial charge >= 0.3 is 0 Å². The van der Waals surface area contributed by atoms with Crippen LogP contribution in [0.15, 0.2) is 72.4 Å². The zero-order chi connectivity index (χ0) is 21.4. The van der Waals surface area contributed by atoms with Gasteiger partial charge in [-0.25, -0.2) is 9.29 Å². The fourth-order valence-corrected chi connectivity index (χ4v) is 3.70. The van der Waals surface area contributed by atoms with Crippen molar-refractivity contribution < 1.29 is 14.0 Å². The van der Waals surface area contributed by atoms with Gasteiger partial charge in [0.15, 0.2) is 0 Å². The van der Waals surface area contributed by atoms with Crippen LogP contribution in [0.4, 0.5) is 15.8 Å². The molecule has 1 aliphatic heterocycles. The van der Waals surface area contributed by atoms with Gasteiger partial charge in [0.05, 0.1) is 11.3 Å². The molecule has 4 rings (SSSR count). The third-order valence-corrected chi connectivity index (χ3v) is 5.03. The summed E-state index contributed by atoms with van der Waals surface area (Å²) in [4.78, 5) is 27.6. The zero-order valence-corrected chi connectivity index (χ0v) is 17.1. The van der Waals surface area contributed by atoms with Gasteiger partial charge in [-0.05, 0) is 73.0 Å². The molecule has 0 aromatic heterocycles. The zero-order valence-electron chi connectivity index (χ0n) is 16.4. The Labute approximate surface area is 178 Å². The lowest BCUT2D eigenvalue weighted by molar-refractivity contribution is -0.120. The van der Waals surface area contributed by atoms with E-state index in [4.69, 9.17) is 11.6 Å². The number of imide groups is 1. The molecule has 0 fully saturated rings. The van der Waals surface area contributed by atoms with Crippen molar-refractivity contribution >= 4 is 40.4 Å². The highest BCUT2D eigenvalue weighted by Gasteiger charge is 2.40. The molecule has 0 unspecified atom stereocenters. The third-order valence-electron chi connectivity index (χ3n) is 4.77. The molecule has 2 amide bonds. The van der Waals surface area contributed by atoms with Crippen LogP contribution in [0.3, 0.4) is 0 Å². The average molecular weight is 421 g/mol. The first-order chi connectivity index (χ1) is 14.3. The first kappa shape index (κ1) is 19.9. The molecule has 3 aromatic carbocycles. The standard InChI is InChI=1S/C24H18ClFN2O2/c1-14-10-15(2)12-19(11-14)27-22-21(16-6-8-17(25)9-7-16)23(29)28(24(22)30)20-5-3-4-18(26)13-20/h3-13,27H,1-2H3. The van der Waals surface area contributed by atoms with Crippen molar-refractivity contribution in [3.05, 3.63) is 100.0 Å². The average Bonchev–Trinajstić information content (AvgIpc) is 2.92. The molecule has 3 aromatic rings. The number of hydrogen-bond acceptors (Lipinski definition) is 3. The molecule has 0 atom stereocenters. The summed E-state index contributed by atoms with van der Waals surface area (Å²) >= 11 is 5.99. The summed E-state index contributed by atoms with van der Waals surface area (Å²) in [5.74, 6) is -1.61. The van der Waals surface area contributed by atoms with E-state index in [0.717, 1.165) is 22.1 Å². The minimum absolute atomic E-state index is 0.136. The highest BCUT2D eigenvalue weighted by atomic mass is 35.5. The summed E-state index contributed by atoms with van der Waals surface area (Å²) < 4.78 is 13.8. The summed E-state index contributed by atoms with van der Waals surface area (Å²) in [7, 11) is 0. The fourth-order valence-electron chi connectivity index (χ4n) is 3.57. The van der Waals surface area contributed by atoms with E-state index in [2.05, 4.69) is 5.32 Å². The van der Waals surface area contributed by atoms with E-state index in [9.17, 15) is 14.0 Å². The predicted octanol–water partition coefficient (Wildman–Crippen LogP) is 5.49. The Hall–Kier alpha value is -3.44. The number of halogens is 2. The number of anilines is 2. The molecule has 0 spiro atoms. The Bertz CT molecular complexity index is 1180. The van der Waals surface area contributed by atoms with E-state index in [-0.39, 0.29) is 17.0 Å². The van der Waals surface area contributed by atoms with Crippen LogP contribution < -0.4 is 10.2 Å². The number of aryl methyl sites for hydroxylation is 2. The lowest BCUT2D eigenvalue weighted by Crippen LogP contribution is -2.32. The minimum Gasteiger partial charge on any atom is -0.350 e. The van der Waals surface area contributed by atoms with Gasteiger partial charge < -0.3 is 5.32 Å². The molecule has 0 radical (unpaired) electrons. The monoisotopic (exact) mass is 420 g/mol. The van der Waals surface area contributed by atoms with E-state index < -0.39 is 17.6 Å². The minimum atomic E-state index is -0.547. The summed E-state index contributed by atoms with van der Waals surface area (Å²) in [6.07, 6.45) is 0. The van der Waals surface area contributed by atoms with Crippen LogP contribution in [0.5, 0.6) is 0 Å². The SMILES string of the molecule is Cc1cc(C)cc(NC2=C(c3ccc(Cl)cc3)C(=O)N(c3cccc(F)c3)C2=O)c1. The second-order valence-electron chi connectivity index (χ2n) is 7.18. The molecule has 1 heterocycles. The van der Waals surface area contributed by atoms with Gasteiger partial charge in [-0.15, -0.1) is 0 Å². The number of carbonyl (C=O) groups is 2. The topological polar surface area (TPSA) is 49.4 Å². The molecule has 6 heteroatoms. The summed E-state index contributed by atoms with van der Waals surface area (Å²) in [5, 5.41) is 3.64. The summed E-state index contributed by atoms with van der Waals surface area (Å²) in [6.45, 7) is 3.90. The van der Waals surface area contributed by atoms with Gasteiger partial charge in [0, 0.05) is 10.7 Å². The Balaban J connectivity index is 1.84. The molecule has 150 valence electrons. The number of benzene rings is 3. The number of hydrogen-bond donors (Lipinski definition) is 1. The van der Waals surface area contributed by atoms with E-state index in [1.54, 1.807) is 24.3 Å². The molecule has 4 nitrogen and oxygen atoms in total. The van der Waals surface area contributed by atoms with Crippen LogP contribution in [0, 0.1) is 19.7 Å². The number of nitrogens with one attached hydrogen (secondary N) is 1. The molecule has 0 saturated carbocycles. The van der Waals surface area contributed by atoms with Crippen LogP contribution in [0.2, 0.25) is 5.02 Å². The molecule has 1 aliphatic rings. The van der Waals surface area contributed by atoms with E-state index in [0.29, 0.717) is 16.3 Å². The van der Waals surface area contributed by atoms with E-state index in [1.807, 2.05) is 32.0 Å². The van der Waals surface area contributed by atoms with Crippen LogP contribution in [0.1, 0.15) is 16.7 Å². The van der Waals surface area contributed by atoms with Crippen molar-refractivity contribution in [3.63, 3.8) is 0 Å². The number of rotatable bonds is 4. The maximum absolute atomic E-state index is 13.8. The molecule has 0 saturated heterocycles. The van der Waals surface area contributed by atoms with Crippen LogP contribution in [-0.4, -0.2) is 11.8 Å². The Morgan fingerprint density at radius 2 is 1.53 bits per heavy atom. The van der Waals surface area contributed by atoms with E-state index >= 15 is 0 Å². The quantitative estimate of drug-likeness (QED) is 0.567. The van der Waals surface area contributed by atoms with Crippen molar-refractivity contribution in [1.82, 2.24) is 0 Å². The molecular formula is C24H18ClFN2O2. The second-order valence-corrected chi connectivity index (χ2v) is 7.62. The normalized spacial score (nSPS) is 13.9. The van der Waals surface area contributed by atoms with Crippen molar-refractivity contribution in [2.24, 2.45) is 0 Å². The first-order valence-corrected chi connectivity index (χ1v) is 9.71. The summed E-state index contributed by atoms with van der Waals surface area (Å²) in [6, 6.07) is 17.9. The Morgan fingerprint density at radius 3 is 2.17 bits per heavy atom. The van der Waals surface area contributed by atoms with Gasteiger partial charge in [0.1, 0.15) is 11.5 Å². The maximum atomic E-state index is 13.8. The number of carbonyl (C=O) groups excluding carboxylic acids is 2. The van der Waals surface area contributed by atoms with Gasteiger partial charge in [0.2, 0.25) is 0 Å². The van der Waals surface area contributed by atoms with Gasteiger partial charge in [-0.1, -0.05) is 35.9 Å². The van der Waals surface area contributed by atoms with Crippen molar-refractivity contribution in [1.29, 1.82) is 0 Å². The predicted molar refractivity (Wildman–Crippen MR) is 117 cm³/mol. The highest BCUT2D eigenvalue weighted by molar-refractivity contribution is 6.46. The second kappa shape index (κ2) is 7.76. The smallest absolute Gasteiger partial charge is 0.282 e. The van der Waals surface area contributed by atoms with Crippen molar-refractivity contribution in [2.45, 2.75) is 13.8 Å². The van der Waals surface area contributed by atoms with Gasteiger partial charge in [-0.3, -0.25) is 9.59 Å². The van der Waals surface area contributed by atoms with E-state index in [1.165, 1.54) is 18.2 Å². The highest BCUT2D eigenvalue weighted by Crippen LogP contribution is 2.34. The number of nitrogens with zero attached hydrogens (tertiary/aromatic N) is 1. The fraction of sp³-hybridized carbons (Fsp3) is 0.0833. The number of amides is 2. The van der Waals surface area contributed by atoms with Crippen molar-refractivity contribution in [2.75, 3.05) is 10.2 Å². The molecule has 0 bridgehead atoms. The maximum Gasteiger partial charge on any atom is 0.282 e. The Morgan fingerprint density at radius 1 is 0.867 bits per heavy atom. The largest absolute Gasteiger partial charge is 0.350 e. The molecule has 0 aliphatic carbocycles.